The van der Waals surface area contributed by atoms with Gasteiger partial charge in [0.2, 0.25) is 11.8 Å². The first kappa shape index (κ1) is 14.6. The molecule has 1 aliphatic heterocycles. The standard InChI is InChI=1S/C14H17N3O2S/c1-9-14(19)16-13(18)8-17(9)11(7-12(15)20)10-5-3-2-4-6-10/h2-6,9,11H,7-8H2,1H3,(H2,15,20)(H,16,18,19). The minimum Gasteiger partial charge on any atom is -0.393 e. The highest BCUT2D eigenvalue weighted by atomic mass is 32.1. The van der Waals surface area contributed by atoms with Crippen molar-refractivity contribution in [2.75, 3.05) is 6.54 Å². The van der Waals surface area contributed by atoms with Crippen molar-refractivity contribution in [2.24, 2.45) is 5.73 Å². The molecule has 1 heterocycles. The van der Waals surface area contributed by atoms with Crippen LogP contribution in [0.3, 0.4) is 0 Å². The Labute approximate surface area is 123 Å². The Hall–Kier alpha value is -1.79. The third kappa shape index (κ3) is 3.20. The molecule has 106 valence electrons. The Balaban J connectivity index is 2.33. The van der Waals surface area contributed by atoms with E-state index in [0.717, 1.165) is 5.56 Å². The Morgan fingerprint density at radius 3 is 2.70 bits per heavy atom. The highest BCUT2D eigenvalue weighted by Gasteiger charge is 2.35. The number of nitrogens with two attached hydrogens (primary N) is 1. The lowest BCUT2D eigenvalue weighted by Crippen LogP contribution is -2.57. The van der Waals surface area contributed by atoms with E-state index >= 15 is 0 Å². The SMILES string of the molecule is CC1C(=O)NC(=O)CN1C(CC(N)=S)c1ccccc1. The quantitative estimate of drug-likeness (QED) is 0.632. The molecule has 3 N–H and O–H groups in total. The molecule has 1 fully saturated rings. The summed E-state index contributed by atoms with van der Waals surface area (Å²) < 4.78 is 0. The van der Waals surface area contributed by atoms with Gasteiger partial charge in [0.25, 0.3) is 0 Å². The molecule has 1 aromatic carbocycles. The van der Waals surface area contributed by atoms with Crippen LogP contribution in [0.25, 0.3) is 0 Å². The Morgan fingerprint density at radius 2 is 2.10 bits per heavy atom. The third-order valence-corrected chi connectivity index (χ3v) is 3.61. The molecular formula is C14H17N3O2S. The van der Waals surface area contributed by atoms with Crippen LogP contribution in [0.5, 0.6) is 0 Å². The normalized spacial score (nSPS) is 21.4. The number of piperazine rings is 1. The van der Waals surface area contributed by atoms with Crippen LogP contribution in [0.1, 0.15) is 24.9 Å². The van der Waals surface area contributed by atoms with E-state index in [2.05, 4.69) is 5.32 Å². The molecule has 2 unspecified atom stereocenters. The van der Waals surface area contributed by atoms with Crippen molar-refractivity contribution in [3.8, 4) is 0 Å². The van der Waals surface area contributed by atoms with Crippen molar-refractivity contribution in [3.05, 3.63) is 35.9 Å². The fourth-order valence-electron chi connectivity index (χ4n) is 2.41. The number of amides is 2. The molecule has 0 radical (unpaired) electrons. The lowest BCUT2D eigenvalue weighted by atomic mass is 9.99. The second-order valence-electron chi connectivity index (χ2n) is 4.86. The molecule has 2 rings (SSSR count). The van der Waals surface area contributed by atoms with Crippen molar-refractivity contribution in [1.29, 1.82) is 0 Å². The van der Waals surface area contributed by atoms with Crippen molar-refractivity contribution in [1.82, 2.24) is 10.2 Å². The Morgan fingerprint density at radius 1 is 1.45 bits per heavy atom. The minimum absolute atomic E-state index is 0.162. The molecule has 0 aromatic heterocycles. The van der Waals surface area contributed by atoms with E-state index < -0.39 is 6.04 Å². The van der Waals surface area contributed by atoms with Crippen LogP contribution >= 0.6 is 12.2 Å². The van der Waals surface area contributed by atoms with Gasteiger partial charge in [-0.15, -0.1) is 0 Å². The summed E-state index contributed by atoms with van der Waals surface area (Å²) in [5.74, 6) is -0.581. The van der Waals surface area contributed by atoms with Gasteiger partial charge in [-0.1, -0.05) is 42.5 Å². The van der Waals surface area contributed by atoms with Crippen LogP contribution in [0.2, 0.25) is 0 Å². The zero-order chi connectivity index (χ0) is 14.7. The third-order valence-electron chi connectivity index (χ3n) is 3.44. The van der Waals surface area contributed by atoms with Crippen molar-refractivity contribution in [2.45, 2.75) is 25.4 Å². The molecular weight excluding hydrogens is 274 g/mol. The largest absolute Gasteiger partial charge is 0.393 e. The van der Waals surface area contributed by atoms with Gasteiger partial charge in [-0.2, -0.15) is 0 Å². The average molecular weight is 291 g/mol. The van der Waals surface area contributed by atoms with E-state index in [1.807, 2.05) is 35.2 Å². The molecule has 1 aromatic rings. The number of rotatable bonds is 4. The first-order valence-electron chi connectivity index (χ1n) is 6.41. The number of hydrogen-bond donors (Lipinski definition) is 2. The van der Waals surface area contributed by atoms with Crippen LogP contribution in [-0.4, -0.2) is 34.3 Å². The number of carbonyl (C=O) groups is 2. The van der Waals surface area contributed by atoms with E-state index in [9.17, 15) is 9.59 Å². The maximum absolute atomic E-state index is 11.8. The Bertz CT molecular complexity index is 532. The van der Waals surface area contributed by atoms with Crippen LogP contribution in [0.4, 0.5) is 0 Å². The number of thiocarbonyl (C=S) groups is 1. The summed E-state index contributed by atoms with van der Waals surface area (Å²) in [6.45, 7) is 1.94. The second-order valence-corrected chi connectivity index (χ2v) is 5.38. The van der Waals surface area contributed by atoms with Gasteiger partial charge < -0.3 is 5.73 Å². The van der Waals surface area contributed by atoms with Crippen LogP contribution in [0.15, 0.2) is 30.3 Å². The van der Waals surface area contributed by atoms with Gasteiger partial charge in [-0.25, -0.2) is 0 Å². The molecule has 5 nitrogen and oxygen atoms in total. The Kier molecular flexibility index (Phi) is 4.46. The summed E-state index contributed by atoms with van der Waals surface area (Å²) in [6, 6.07) is 9.08. The molecule has 6 heteroatoms. The molecule has 0 spiro atoms. The molecule has 20 heavy (non-hydrogen) atoms. The number of hydrogen-bond acceptors (Lipinski definition) is 4. The summed E-state index contributed by atoms with van der Waals surface area (Å²) in [5, 5.41) is 2.34. The monoisotopic (exact) mass is 291 g/mol. The highest BCUT2D eigenvalue weighted by molar-refractivity contribution is 7.80. The molecule has 1 aliphatic rings. The first-order valence-corrected chi connectivity index (χ1v) is 6.82. The molecule has 2 amide bonds. The van der Waals surface area contributed by atoms with E-state index in [1.54, 1.807) is 6.92 Å². The maximum Gasteiger partial charge on any atom is 0.243 e. The lowest BCUT2D eigenvalue weighted by molar-refractivity contribution is -0.141. The maximum atomic E-state index is 11.8. The highest BCUT2D eigenvalue weighted by Crippen LogP contribution is 2.27. The van der Waals surface area contributed by atoms with Crippen molar-refractivity contribution < 1.29 is 9.59 Å². The fourth-order valence-corrected chi connectivity index (χ4v) is 2.57. The second kappa shape index (κ2) is 6.11. The van der Waals surface area contributed by atoms with E-state index in [1.165, 1.54) is 0 Å². The zero-order valence-corrected chi connectivity index (χ0v) is 12.0. The zero-order valence-electron chi connectivity index (χ0n) is 11.2. The summed E-state index contributed by atoms with van der Waals surface area (Å²) in [5.41, 5.74) is 6.67. The smallest absolute Gasteiger partial charge is 0.243 e. The summed E-state index contributed by atoms with van der Waals surface area (Å²) in [7, 11) is 0. The summed E-state index contributed by atoms with van der Waals surface area (Å²) in [6.07, 6.45) is 0.435. The first-order chi connectivity index (χ1) is 9.49. The molecule has 2 atom stereocenters. The summed E-state index contributed by atoms with van der Waals surface area (Å²) in [4.78, 5) is 25.6. The minimum atomic E-state index is -0.396. The van der Waals surface area contributed by atoms with Crippen LogP contribution < -0.4 is 11.1 Å². The van der Waals surface area contributed by atoms with Gasteiger partial charge in [0, 0.05) is 12.5 Å². The molecule has 0 bridgehead atoms. The predicted molar refractivity (Wildman–Crippen MR) is 79.9 cm³/mol. The van der Waals surface area contributed by atoms with E-state index in [-0.39, 0.29) is 24.4 Å². The van der Waals surface area contributed by atoms with Crippen molar-refractivity contribution >= 4 is 29.0 Å². The molecule has 1 saturated heterocycles. The predicted octanol–water partition coefficient (Wildman–Crippen LogP) is 0.751. The van der Waals surface area contributed by atoms with Gasteiger partial charge in [-0.3, -0.25) is 19.8 Å². The number of carbonyl (C=O) groups excluding carboxylic acids is 2. The number of imide groups is 1. The van der Waals surface area contributed by atoms with Gasteiger partial charge >= 0.3 is 0 Å². The van der Waals surface area contributed by atoms with Gasteiger partial charge in [0.15, 0.2) is 0 Å². The van der Waals surface area contributed by atoms with Gasteiger partial charge in [0.1, 0.15) is 0 Å². The number of nitrogens with one attached hydrogen (secondary N) is 1. The summed E-state index contributed by atoms with van der Waals surface area (Å²) >= 11 is 5.00. The topological polar surface area (TPSA) is 75.4 Å². The van der Waals surface area contributed by atoms with E-state index in [0.29, 0.717) is 11.4 Å². The van der Waals surface area contributed by atoms with Gasteiger partial charge in [-0.05, 0) is 12.5 Å². The molecule has 0 aliphatic carbocycles. The van der Waals surface area contributed by atoms with Crippen LogP contribution in [0, 0.1) is 0 Å². The molecule has 0 saturated carbocycles. The van der Waals surface area contributed by atoms with Crippen molar-refractivity contribution in [3.63, 3.8) is 0 Å². The van der Waals surface area contributed by atoms with Gasteiger partial charge in [0.05, 0.1) is 17.6 Å². The fraction of sp³-hybridized carbons (Fsp3) is 0.357. The van der Waals surface area contributed by atoms with Crippen LogP contribution in [-0.2, 0) is 9.59 Å². The number of nitrogens with zero attached hydrogens (tertiary/aromatic N) is 1. The van der Waals surface area contributed by atoms with E-state index in [4.69, 9.17) is 18.0 Å². The lowest BCUT2D eigenvalue weighted by Gasteiger charge is -2.38. The average Bonchev–Trinajstić information content (AvgIpc) is 2.41. The number of benzene rings is 1.